The molecule has 53 heavy (non-hydrogen) atoms. The zero-order chi connectivity index (χ0) is 40.2. The molecule has 0 aliphatic carbocycles. The fraction of sp³-hybridized carbons (Fsp3) is 0.657. The number of ether oxygens (including phenoxy) is 2. The Morgan fingerprint density at radius 1 is 0.962 bits per heavy atom. The second-order valence-corrected chi connectivity index (χ2v) is 29.4. The van der Waals surface area contributed by atoms with Crippen molar-refractivity contribution in [3.8, 4) is 0 Å². The third-order valence-electron chi connectivity index (χ3n) is 11.4. The molecule has 4 heterocycles. The van der Waals surface area contributed by atoms with Crippen LogP contribution in [0.15, 0.2) is 56.1 Å². The molecule has 15 nitrogen and oxygen atoms in total. The molecule has 2 aromatic heterocycles. The Morgan fingerprint density at radius 2 is 1.49 bits per heavy atom. The molecule has 2 saturated heterocycles. The van der Waals surface area contributed by atoms with Crippen molar-refractivity contribution in [3.63, 3.8) is 0 Å². The monoisotopic (exact) mass is 796 g/mol. The van der Waals surface area contributed by atoms with Crippen LogP contribution in [0.1, 0.15) is 71.5 Å². The van der Waals surface area contributed by atoms with Crippen LogP contribution in [0.2, 0.25) is 36.3 Å². The van der Waals surface area contributed by atoms with Crippen molar-refractivity contribution in [1.82, 2.24) is 19.1 Å². The highest BCUT2D eigenvalue weighted by Gasteiger charge is 2.55. The van der Waals surface area contributed by atoms with E-state index in [9.17, 15) is 28.8 Å². The third kappa shape index (κ3) is 8.73. The summed E-state index contributed by atoms with van der Waals surface area (Å²) >= 11 is 0. The molecule has 2 unspecified atom stereocenters. The predicted molar refractivity (Wildman–Crippen MR) is 208 cm³/mol. The van der Waals surface area contributed by atoms with Crippen molar-refractivity contribution in [2.75, 3.05) is 6.61 Å². The quantitative estimate of drug-likeness (QED) is 0.149. The van der Waals surface area contributed by atoms with E-state index in [4.69, 9.17) is 22.9 Å². The van der Waals surface area contributed by atoms with Gasteiger partial charge in [-0.15, -0.1) is 0 Å². The molecule has 2 aliphatic rings. The summed E-state index contributed by atoms with van der Waals surface area (Å²) in [4.78, 5) is 54.6. The Balaban J connectivity index is 1.68. The average Bonchev–Trinajstić information content (AvgIpc) is 3.57. The molecule has 0 radical (unpaired) electrons. The molecule has 3 N–H and O–H groups in total. The van der Waals surface area contributed by atoms with E-state index >= 15 is 0 Å². The van der Waals surface area contributed by atoms with Gasteiger partial charge in [-0.1, -0.05) is 67.8 Å². The molecule has 0 amide bonds. The van der Waals surface area contributed by atoms with Gasteiger partial charge in [0.15, 0.2) is 14.5 Å². The van der Waals surface area contributed by atoms with Gasteiger partial charge in [0.1, 0.15) is 24.5 Å². The molecule has 2 aliphatic heterocycles. The highest BCUT2D eigenvalue weighted by atomic mass is 31.2. The van der Waals surface area contributed by atoms with Crippen LogP contribution in [-0.2, 0) is 27.5 Å². The normalized spacial score (nSPS) is 26.1. The van der Waals surface area contributed by atoms with Crippen molar-refractivity contribution in [3.05, 3.63) is 89.7 Å². The number of rotatable bonds is 12. The SMILES string of the molecule is C=CP(=O)(OC[C@H]1O[C@@H](n2cc(C)c(=O)[nH]c2=O)C[C@@H]1O[Si](C)(C)C(C)(C)C)O[C@H]1C(=C)[C@H](n2cc(C)c(=O)[nH]c2=O)O[C@@H]1C(O)[Si](C)(C)C(C)(C)C. The van der Waals surface area contributed by atoms with Crippen LogP contribution in [0, 0.1) is 13.8 Å². The molecule has 0 saturated carbocycles. The van der Waals surface area contributed by atoms with Gasteiger partial charge in [0.05, 0.1) is 26.5 Å². The van der Waals surface area contributed by atoms with E-state index in [2.05, 4.69) is 57.0 Å². The van der Waals surface area contributed by atoms with Gasteiger partial charge in [0, 0.05) is 41.3 Å². The van der Waals surface area contributed by atoms with E-state index in [0.717, 1.165) is 10.4 Å². The molecule has 0 spiro atoms. The molecule has 296 valence electrons. The molecule has 0 aromatic carbocycles. The van der Waals surface area contributed by atoms with Crippen LogP contribution in [0.4, 0.5) is 0 Å². The first-order chi connectivity index (χ1) is 24.1. The molecular weight excluding hydrogens is 740 g/mol. The van der Waals surface area contributed by atoms with Gasteiger partial charge in [-0.2, -0.15) is 0 Å². The van der Waals surface area contributed by atoms with E-state index in [0.29, 0.717) is 5.56 Å². The van der Waals surface area contributed by atoms with Crippen molar-refractivity contribution in [2.45, 2.75) is 141 Å². The maximum absolute atomic E-state index is 14.5. The lowest BCUT2D eigenvalue weighted by atomic mass is 10.1. The lowest BCUT2D eigenvalue weighted by Gasteiger charge is -2.43. The first-order valence-electron chi connectivity index (χ1n) is 17.7. The van der Waals surface area contributed by atoms with Gasteiger partial charge in [-0.05, 0) is 37.0 Å². The summed E-state index contributed by atoms with van der Waals surface area (Å²) < 4.78 is 48.6. The smallest absolute Gasteiger partial charge is 0.354 e. The first-order valence-corrected chi connectivity index (χ1v) is 25.3. The van der Waals surface area contributed by atoms with Gasteiger partial charge >= 0.3 is 19.0 Å². The summed E-state index contributed by atoms with van der Waals surface area (Å²) in [6.45, 7) is 31.2. The highest BCUT2D eigenvalue weighted by molar-refractivity contribution is 7.57. The van der Waals surface area contributed by atoms with Crippen molar-refractivity contribution in [2.24, 2.45) is 0 Å². The molecule has 8 atom stereocenters. The number of aromatic nitrogens is 4. The summed E-state index contributed by atoms with van der Waals surface area (Å²) in [6, 6.07) is 0. The lowest BCUT2D eigenvalue weighted by molar-refractivity contribution is -0.0625. The van der Waals surface area contributed by atoms with Gasteiger partial charge in [-0.25, -0.2) is 9.59 Å². The number of hydrogen-bond acceptors (Lipinski definition) is 11. The Kier molecular flexibility index (Phi) is 12.2. The van der Waals surface area contributed by atoms with Crippen LogP contribution in [0.5, 0.6) is 0 Å². The fourth-order valence-electron chi connectivity index (χ4n) is 5.85. The molecular formula is C35H57N4O11PSi2. The number of nitrogens with one attached hydrogen (secondary N) is 2. The van der Waals surface area contributed by atoms with E-state index in [1.165, 1.54) is 23.9 Å². The Hall–Kier alpha value is -2.74. The highest BCUT2D eigenvalue weighted by Crippen LogP contribution is 2.56. The van der Waals surface area contributed by atoms with Gasteiger partial charge in [-0.3, -0.25) is 37.8 Å². The van der Waals surface area contributed by atoms with Crippen LogP contribution in [0.25, 0.3) is 0 Å². The van der Waals surface area contributed by atoms with Gasteiger partial charge in [0.2, 0.25) is 0 Å². The zero-order valence-electron chi connectivity index (χ0n) is 33.0. The van der Waals surface area contributed by atoms with Gasteiger partial charge < -0.3 is 23.5 Å². The number of H-pyrrole nitrogens is 2. The number of aliphatic hydroxyl groups is 1. The Morgan fingerprint density at radius 3 is 2.00 bits per heavy atom. The van der Waals surface area contributed by atoms with E-state index in [1.54, 1.807) is 6.92 Å². The van der Waals surface area contributed by atoms with E-state index in [1.807, 2.05) is 33.9 Å². The van der Waals surface area contributed by atoms with Crippen LogP contribution in [0.3, 0.4) is 0 Å². The third-order valence-corrected chi connectivity index (χ3v) is 23.1. The lowest BCUT2D eigenvalue weighted by Crippen LogP contribution is -2.57. The summed E-state index contributed by atoms with van der Waals surface area (Å²) in [6.07, 6.45) is -2.75. The first kappa shape index (κ1) is 43.0. The molecule has 0 bridgehead atoms. The molecule has 18 heteroatoms. The second-order valence-electron chi connectivity index (χ2n) is 17.2. The van der Waals surface area contributed by atoms with E-state index in [-0.39, 0.29) is 34.2 Å². The number of aliphatic hydroxyl groups excluding tert-OH is 1. The topological polar surface area (TPSA) is 193 Å². The minimum absolute atomic E-state index is 0.174. The zero-order valence-corrected chi connectivity index (χ0v) is 35.9. The minimum atomic E-state index is -4.24. The number of hydrogen-bond donors (Lipinski definition) is 3. The van der Waals surface area contributed by atoms with Crippen LogP contribution < -0.4 is 22.5 Å². The van der Waals surface area contributed by atoms with Crippen molar-refractivity contribution < 1.29 is 32.6 Å². The minimum Gasteiger partial charge on any atom is -0.411 e. The summed E-state index contributed by atoms with van der Waals surface area (Å²) in [5.74, 6) is 1.05. The maximum Gasteiger partial charge on any atom is 0.354 e. The van der Waals surface area contributed by atoms with Crippen molar-refractivity contribution in [1.29, 1.82) is 0 Å². The van der Waals surface area contributed by atoms with E-state index < -0.39 is 89.1 Å². The summed E-state index contributed by atoms with van der Waals surface area (Å²) in [7, 11) is -9.26. The van der Waals surface area contributed by atoms with Gasteiger partial charge in [0.25, 0.3) is 11.1 Å². The Bertz CT molecular complexity index is 2010. The second kappa shape index (κ2) is 15.1. The number of aryl methyl sites for hydroxylation is 2. The summed E-state index contributed by atoms with van der Waals surface area (Å²) in [5, 5.41) is 11.5. The van der Waals surface area contributed by atoms with Crippen LogP contribution >= 0.6 is 7.60 Å². The standard InChI is InChI=1S/C35H57N4O11PSi2/c1-15-51(45,46-19-24-23(50-53(13,14)35(8,9)10)16-25(47-24)38-17-20(2)28(40)36-32(38)43)49-26-22(4)30(39-18-21(3)29(41)37-33(39)44)48-27(26)31(42)52(11,12)34(5,6)7/h15,17-18,23-27,30-31,42H,1,4,16,19H2,2-3,5-14H3,(H,36,40,43)(H,37,41,44)/t23-,24+,25+,26-,27-,30+,31?,51?/m0/s1. The number of nitrogens with zero attached hydrogens (tertiary/aromatic N) is 2. The summed E-state index contributed by atoms with van der Waals surface area (Å²) in [5.41, 5.74) is -2.80. The molecule has 2 fully saturated rings. The van der Waals surface area contributed by atoms with Crippen LogP contribution in [-0.4, -0.2) is 77.3 Å². The number of aromatic amines is 2. The predicted octanol–water partition coefficient (Wildman–Crippen LogP) is 4.98. The maximum atomic E-state index is 14.5. The fourth-order valence-corrected chi connectivity index (χ4v) is 10.3. The average molecular weight is 797 g/mol. The molecule has 4 rings (SSSR count). The Labute approximate surface area is 312 Å². The molecule has 2 aromatic rings. The van der Waals surface area contributed by atoms with Crippen molar-refractivity contribution >= 4 is 24.0 Å². The largest absolute Gasteiger partial charge is 0.411 e.